The first-order valence-electron chi connectivity index (χ1n) is 7.30. The van der Waals surface area contributed by atoms with Gasteiger partial charge in [-0.25, -0.2) is 0 Å². The molecule has 0 aromatic carbocycles. The lowest BCUT2D eigenvalue weighted by Crippen LogP contribution is -2.35. The molecule has 0 aliphatic heterocycles. The average Bonchev–Trinajstić information content (AvgIpc) is 2.42. The van der Waals surface area contributed by atoms with E-state index in [9.17, 15) is 0 Å². The number of nitrogens with zero attached hydrogens (tertiary/aromatic N) is 4. The Bertz CT molecular complexity index is 315. The van der Waals surface area contributed by atoms with Gasteiger partial charge in [-0.1, -0.05) is 0 Å². The van der Waals surface area contributed by atoms with E-state index in [0.29, 0.717) is 26.1 Å². The van der Waals surface area contributed by atoms with E-state index in [-0.39, 0.29) is 0 Å². The Morgan fingerprint density at radius 2 is 1.19 bits per heavy atom. The molecule has 0 saturated heterocycles. The Morgan fingerprint density at radius 1 is 0.810 bits per heavy atom. The van der Waals surface area contributed by atoms with Gasteiger partial charge in [-0.15, -0.1) is 0 Å². The Morgan fingerprint density at radius 3 is 1.52 bits per heavy atom. The summed E-state index contributed by atoms with van der Waals surface area (Å²) in [5.41, 5.74) is 0. The third kappa shape index (κ3) is 12.3. The number of rotatable bonds is 12. The Balaban J connectivity index is 3.74. The van der Waals surface area contributed by atoms with Crippen LogP contribution in [0.4, 0.5) is 0 Å². The van der Waals surface area contributed by atoms with Crippen molar-refractivity contribution in [2.45, 2.75) is 32.5 Å². The van der Waals surface area contributed by atoms with E-state index >= 15 is 0 Å². The second-order valence-electron chi connectivity index (χ2n) is 5.52. The number of ether oxygens (including phenoxy) is 2. The van der Waals surface area contributed by atoms with Crippen LogP contribution in [-0.4, -0.2) is 69.1 Å². The zero-order valence-corrected chi connectivity index (χ0v) is 13.8. The van der Waals surface area contributed by atoms with Gasteiger partial charge in [-0.2, -0.15) is 10.5 Å². The molecule has 0 rings (SSSR count). The molecule has 0 aromatic rings. The van der Waals surface area contributed by atoms with Crippen LogP contribution in [0.25, 0.3) is 0 Å². The third-order valence-corrected chi connectivity index (χ3v) is 3.06. The van der Waals surface area contributed by atoms with Crippen LogP contribution >= 0.6 is 0 Å². The fraction of sp³-hybridized carbons (Fsp3) is 0.867. The summed E-state index contributed by atoms with van der Waals surface area (Å²) in [6, 6.07) is 4.25. The van der Waals surface area contributed by atoms with Gasteiger partial charge >= 0.3 is 0 Å². The maximum Gasteiger partial charge on any atom is 0.162 e. The Kier molecular flexibility index (Phi) is 10.8. The van der Waals surface area contributed by atoms with Gasteiger partial charge in [0, 0.05) is 39.0 Å². The summed E-state index contributed by atoms with van der Waals surface area (Å²) in [5, 5.41) is 17.0. The summed E-state index contributed by atoms with van der Waals surface area (Å²) in [7, 11) is 3.94. The highest BCUT2D eigenvalue weighted by Crippen LogP contribution is 2.11. The monoisotopic (exact) mass is 296 g/mol. The smallest absolute Gasteiger partial charge is 0.162 e. The minimum atomic E-state index is -0.619. The maximum absolute atomic E-state index is 8.52. The van der Waals surface area contributed by atoms with Gasteiger partial charge in [-0.3, -0.25) is 0 Å². The van der Waals surface area contributed by atoms with Crippen LogP contribution in [0, 0.1) is 22.7 Å². The van der Waals surface area contributed by atoms with Crippen LogP contribution in [0.1, 0.15) is 26.7 Å². The van der Waals surface area contributed by atoms with E-state index in [1.54, 1.807) is 0 Å². The minimum absolute atomic E-state index is 0.533. The molecule has 6 nitrogen and oxygen atoms in total. The van der Waals surface area contributed by atoms with E-state index in [0.717, 1.165) is 26.2 Å². The van der Waals surface area contributed by atoms with E-state index in [2.05, 4.69) is 21.9 Å². The first-order valence-corrected chi connectivity index (χ1v) is 7.30. The maximum atomic E-state index is 8.52. The number of hydrogen-bond donors (Lipinski definition) is 0. The van der Waals surface area contributed by atoms with Crippen molar-refractivity contribution in [1.29, 1.82) is 10.5 Å². The molecule has 120 valence electrons. The van der Waals surface area contributed by atoms with Crippen molar-refractivity contribution in [2.24, 2.45) is 0 Å². The summed E-state index contributed by atoms with van der Waals surface area (Å²) in [6.45, 7) is 8.00. The van der Waals surface area contributed by atoms with Gasteiger partial charge < -0.3 is 19.3 Å². The topological polar surface area (TPSA) is 72.5 Å². The molecule has 0 N–H and O–H groups in total. The fourth-order valence-electron chi connectivity index (χ4n) is 1.64. The molecule has 21 heavy (non-hydrogen) atoms. The molecule has 0 aromatic heterocycles. The van der Waals surface area contributed by atoms with E-state index in [4.69, 9.17) is 20.0 Å². The molecule has 0 fully saturated rings. The molecule has 0 heterocycles. The summed E-state index contributed by atoms with van der Waals surface area (Å²) in [6.07, 6.45) is 1.07. The van der Waals surface area contributed by atoms with Crippen LogP contribution in [0.15, 0.2) is 0 Å². The normalized spacial score (nSPS) is 11.6. The van der Waals surface area contributed by atoms with Crippen molar-refractivity contribution < 1.29 is 9.47 Å². The predicted octanol–water partition coefficient (Wildman–Crippen LogP) is 1.45. The van der Waals surface area contributed by atoms with Crippen molar-refractivity contribution >= 4 is 0 Å². The van der Waals surface area contributed by atoms with Crippen LogP contribution in [-0.2, 0) is 9.47 Å². The quantitative estimate of drug-likeness (QED) is 0.508. The van der Waals surface area contributed by atoms with E-state index in [1.807, 2.05) is 27.9 Å². The van der Waals surface area contributed by atoms with Crippen LogP contribution in [0.2, 0.25) is 0 Å². The summed E-state index contributed by atoms with van der Waals surface area (Å²) in [5.74, 6) is -0.619. The summed E-state index contributed by atoms with van der Waals surface area (Å²) >= 11 is 0. The van der Waals surface area contributed by atoms with Gasteiger partial charge in [0.05, 0.1) is 25.4 Å². The highest BCUT2D eigenvalue weighted by molar-refractivity contribution is 4.71. The molecular weight excluding hydrogens is 268 g/mol. The van der Waals surface area contributed by atoms with Crippen LogP contribution < -0.4 is 0 Å². The van der Waals surface area contributed by atoms with Crippen molar-refractivity contribution in [1.82, 2.24) is 9.80 Å². The molecular formula is C15H28N4O2. The molecule has 0 bridgehead atoms. The zero-order chi connectivity index (χ0) is 16.1. The lowest BCUT2D eigenvalue weighted by molar-refractivity contribution is -0.215. The molecule has 0 saturated carbocycles. The lowest BCUT2D eigenvalue weighted by atomic mass is 10.3. The lowest BCUT2D eigenvalue weighted by Gasteiger charge is -2.28. The predicted molar refractivity (Wildman–Crippen MR) is 81.4 cm³/mol. The zero-order valence-electron chi connectivity index (χ0n) is 13.8. The molecule has 0 spiro atoms. The van der Waals surface area contributed by atoms with Gasteiger partial charge in [-0.05, 0) is 27.9 Å². The second-order valence-corrected chi connectivity index (χ2v) is 5.52. The molecule has 0 amide bonds. The molecule has 6 heteroatoms. The first kappa shape index (κ1) is 19.8. The largest absolute Gasteiger partial charge is 0.349 e. The van der Waals surface area contributed by atoms with Crippen LogP contribution in [0.3, 0.4) is 0 Å². The minimum Gasteiger partial charge on any atom is -0.349 e. The van der Waals surface area contributed by atoms with Crippen molar-refractivity contribution in [3.05, 3.63) is 0 Å². The van der Waals surface area contributed by atoms with Gasteiger partial charge in [0.25, 0.3) is 0 Å². The second kappa shape index (κ2) is 11.5. The highest BCUT2D eigenvalue weighted by Gasteiger charge is 2.18. The number of likely N-dealkylation sites (N-methyl/N-ethyl adjacent to an activating group) is 2. The fourth-order valence-corrected chi connectivity index (χ4v) is 1.64. The SMILES string of the molecule is CN(CCC#N)CCOC(C)(C)OCCN(C)CCC#N. The Hall–Kier alpha value is -1.18. The van der Waals surface area contributed by atoms with Crippen molar-refractivity contribution in [3.8, 4) is 12.1 Å². The van der Waals surface area contributed by atoms with Crippen molar-refractivity contribution in [2.75, 3.05) is 53.5 Å². The van der Waals surface area contributed by atoms with Crippen molar-refractivity contribution in [3.63, 3.8) is 0 Å². The van der Waals surface area contributed by atoms with Gasteiger partial charge in [0.2, 0.25) is 0 Å². The van der Waals surface area contributed by atoms with E-state index < -0.39 is 5.79 Å². The highest BCUT2D eigenvalue weighted by atomic mass is 16.7. The van der Waals surface area contributed by atoms with Gasteiger partial charge in [0.1, 0.15) is 0 Å². The third-order valence-electron chi connectivity index (χ3n) is 3.06. The Labute approximate surface area is 128 Å². The molecule has 0 unspecified atom stereocenters. The van der Waals surface area contributed by atoms with E-state index in [1.165, 1.54) is 0 Å². The standard InChI is InChI=1S/C15H28N4O2/c1-15(2,20-13-11-18(3)9-5-7-16)21-14-12-19(4)10-6-8-17/h5-6,9-14H2,1-4H3. The molecule has 0 atom stereocenters. The molecule has 0 aliphatic rings. The number of nitriles is 2. The first-order chi connectivity index (χ1) is 9.91. The number of hydrogen-bond acceptors (Lipinski definition) is 6. The summed E-state index contributed by atoms with van der Waals surface area (Å²) < 4.78 is 11.5. The molecule has 0 radical (unpaired) electrons. The average molecular weight is 296 g/mol. The van der Waals surface area contributed by atoms with Gasteiger partial charge in [0.15, 0.2) is 5.79 Å². The van der Waals surface area contributed by atoms with Crippen LogP contribution in [0.5, 0.6) is 0 Å². The summed E-state index contributed by atoms with van der Waals surface area (Å²) in [4.78, 5) is 4.13. The molecule has 0 aliphatic carbocycles.